The predicted octanol–water partition coefficient (Wildman–Crippen LogP) is 1.70. The molecule has 0 aliphatic carbocycles. The average Bonchev–Trinajstić information content (AvgIpc) is 2.87. The van der Waals surface area contributed by atoms with E-state index >= 15 is 0 Å². The molecule has 13 nitrogen and oxygen atoms in total. The number of nitrogens with one attached hydrogen (secondary N) is 2. The lowest BCUT2D eigenvalue weighted by Gasteiger charge is -2.35. The van der Waals surface area contributed by atoms with Crippen LogP contribution in [-0.4, -0.2) is 81.1 Å². The highest BCUT2D eigenvalue weighted by Crippen LogP contribution is 2.35. The van der Waals surface area contributed by atoms with Crippen molar-refractivity contribution in [3.8, 4) is 17.2 Å². The Bertz CT molecular complexity index is 1320. The van der Waals surface area contributed by atoms with Gasteiger partial charge in [0.1, 0.15) is 17.2 Å². The molecule has 1 unspecified atom stereocenters. The topological polar surface area (TPSA) is 198 Å². The van der Waals surface area contributed by atoms with Gasteiger partial charge in [-0.15, -0.1) is 13.2 Å². The molecule has 2 aromatic carbocycles. The molecule has 0 radical (unpaired) electrons. The summed E-state index contributed by atoms with van der Waals surface area (Å²) in [6.07, 6.45) is -6.01. The third kappa shape index (κ3) is 9.88. The van der Waals surface area contributed by atoms with Gasteiger partial charge in [0, 0.05) is 7.11 Å². The highest BCUT2D eigenvalue weighted by Gasteiger charge is 2.51. The van der Waals surface area contributed by atoms with E-state index in [2.05, 4.69) is 20.1 Å². The van der Waals surface area contributed by atoms with Gasteiger partial charge in [0.05, 0.1) is 11.4 Å². The minimum atomic E-state index is -4.81. The Hall–Kier alpha value is -3.00. The molecule has 5 N–H and O–H groups in total. The summed E-state index contributed by atoms with van der Waals surface area (Å²) >= 11 is 0. The molecule has 18 heteroatoms. The van der Waals surface area contributed by atoms with Crippen LogP contribution in [0.4, 0.5) is 13.2 Å². The lowest BCUT2D eigenvalue weighted by molar-refractivity contribution is -0.274. The number of alkyl halides is 3. The molecule has 1 aliphatic rings. The lowest BCUT2D eigenvalue weighted by atomic mass is 9.96. The summed E-state index contributed by atoms with van der Waals surface area (Å²) in [7, 11) is -7.56. The number of aliphatic hydroxyl groups is 1. The van der Waals surface area contributed by atoms with E-state index in [0.29, 0.717) is 13.1 Å². The Kier molecular flexibility index (Phi) is 11.3. The number of amides is 1. The summed E-state index contributed by atoms with van der Waals surface area (Å²) < 4.78 is 108. The van der Waals surface area contributed by atoms with Gasteiger partial charge in [-0.1, -0.05) is 0 Å². The Morgan fingerprint density at radius 3 is 1.88 bits per heavy atom. The van der Waals surface area contributed by atoms with Gasteiger partial charge in [0.2, 0.25) is 5.91 Å². The normalized spacial score (nSPS) is 16.2. The van der Waals surface area contributed by atoms with Crippen LogP contribution in [0, 0.1) is 0 Å². The van der Waals surface area contributed by atoms with Crippen molar-refractivity contribution in [2.75, 3.05) is 26.7 Å². The zero-order valence-electron chi connectivity index (χ0n) is 20.8. The summed E-state index contributed by atoms with van der Waals surface area (Å²) in [5, 5.41) is 15.0. The molecule has 40 heavy (non-hydrogen) atoms. The van der Waals surface area contributed by atoms with Crippen molar-refractivity contribution >= 4 is 26.1 Å². The van der Waals surface area contributed by atoms with Crippen LogP contribution in [0.1, 0.15) is 12.8 Å². The number of hydrogen-bond acceptors (Lipinski definition) is 10. The van der Waals surface area contributed by atoms with E-state index in [0.717, 1.165) is 12.1 Å². The fraction of sp³-hybridized carbons (Fsp3) is 0.409. The first kappa shape index (κ1) is 33.2. The maximum absolute atomic E-state index is 13.6. The van der Waals surface area contributed by atoms with Gasteiger partial charge in [-0.2, -0.15) is 8.42 Å². The van der Waals surface area contributed by atoms with E-state index < -0.39 is 49.3 Å². The van der Waals surface area contributed by atoms with Crippen molar-refractivity contribution in [1.82, 2.24) is 10.6 Å². The van der Waals surface area contributed by atoms with E-state index in [-0.39, 0.29) is 35.8 Å². The summed E-state index contributed by atoms with van der Waals surface area (Å²) in [5.74, 6) is -0.687. The molecule has 3 rings (SSSR count). The zero-order valence-corrected chi connectivity index (χ0v) is 22.4. The van der Waals surface area contributed by atoms with Crippen LogP contribution in [0.2, 0.25) is 0 Å². The summed E-state index contributed by atoms with van der Waals surface area (Å²) in [5.41, 5.74) is 0. The number of benzene rings is 2. The van der Waals surface area contributed by atoms with Gasteiger partial charge in [0.15, 0.2) is 20.9 Å². The molecule has 0 bridgehead atoms. The molecular formula is C22H27F3N2O11S2. The maximum atomic E-state index is 13.6. The number of sulfone groups is 1. The zero-order chi connectivity index (χ0) is 30.2. The van der Waals surface area contributed by atoms with Crippen LogP contribution in [0.3, 0.4) is 0 Å². The molecular weight excluding hydrogens is 589 g/mol. The minimum Gasteiger partial charge on any atom is -0.457 e. The van der Waals surface area contributed by atoms with Crippen LogP contribution in [0.15, 0.2) is 53.4 Å². The fourth-order valence-corrected chi connectivity index (χ4v) is 5.63. The smallest absolute Gasteiger partial charge is 0.457 e. The standard InChI is InChI=1S/C22H25F3N2O7S.H2O4S/c1-32-19(28)14-27-20(29)21(10-12-26-13-11-21)35(30,31)18-8-6-16(7-9-18)33-15-2-4-17(5-3-15)34-22(23,24)25;1-5(2,3)4/h2-9,19,26,28H,10-14H2,1H3,(H,27,29);(H2,1,2,3,4). The summed E-state index contributed by atoms with van der Waals surface area (Å²) in [4.78, 5) is 12.9. The van der Waals surface area contributed by atoms with Gasteiger partial charge in [-0.05, 0) is 74.5 Å². The molecule has 0 aromatic heterocycles. The number of halogens is 3. The second-order valence-electron chi connectivity index (χ2n) is 8.19. The molecule has 1 heterocycles. The Morgan fingerprint density at radius 2 is 1.43 bits per heavy atom. The average molecular weight is 617 g/mol. The third-order valence-electron chi connectivity index (χ3n) is 5.48. The van der Waals surface area contributed by atoms with Crippen molar-refractivity contribution < 1.29 is 63.2 Å². The first-order valence-corrected chi connectivity index (χ1v) is 14.1. The van der Waals surface area contributed by atoms with E-state index in [9.17, 15) is 31.5 Å². The first-order chi connectivity index (χ1) is 18.5. The lowest BCUT2D eigenvalue weighted by Crippen LogP contribution is -2.58. The number of ether oxygens (including phenoxy) is 3. The second kappa shape index (κ2) is 13.6. The molecule has 2 aromatic rings. The monoisotopic (exact) mass is 616 g/mol. The highest BCUT2D eigenvalue weighted by atomic mass is 32.3. The van der Waals surface area contributed by atoms with Crippen LogP contribution >= 0.6 is 0 Å². The molecule has 1 saturated heterocycles. The summed E-state index contributed by atoms with van der Waals surface area (Å²) in [6.45, 7) is 0.364. The van der Waals surface area contributed by atoms with Crippen molar-refractivity contribution in [3.05, 3.63) is 48.5 Å². The van der Waals surface area contributed by atoms with E-state index in [1.54, 1.807) is 0 Å². The number of methoxy groups -OCH3 is 1. The van der Waals surface area contributed by atoms with E-state index in [4.69, 9.17) is 22.3 Å². The van der Waals surface area contributed by atoms with Gasteiger partial charge in [-0.25, -0.2) is 8.42 Å². The Morgan fingerprint density at radius 1 is 0.975 bits per heavy atom. The third-order valence-corrected chi connectivity index (χ3v) is 7.99. The van der Waals surface area contributed by atoms with Gasteiger partial charge in [-0.3, -0.25) is 13.9 Å². The molecule has 1 atom stereocenters. The number of hydrogen-bond donors (Lipinski definition) is 5. The quantitative estimate of drug-likeness (QED) is 0.202. The largest absolute Gasteiger partial charge is 0.573 e. The van der Waals surface area contributed by atoms with Crippen LogP contribution in [0.5, 0.6) is 17.2 Å². The Balaban J connectivity index is 0.00000103. The van der Waals surface area contributed by atoms with Crippen molar-refractivity contribution in [2.45, 2.75) is 35.1 Å². The van der Waals surface area contributed by atoms with Crippen molar-refractivity contribution in [2.24, 2.45) is 0 Å². The van der Waals surface area contributed by atoms with E-state index in [1.165, 1.54) is 43.5 Å². The number of carbonyl (C=O) groups is 1. The number of aliphatic hydroxyl groups excluding tert-OH is 1. The van der Waals surface area contributed by atoms with E-state index in [1.807, 2.05) is 0 Å². The van der Waals surface area contributed by atoms with Gasteiger partial charge < -0.3 is 30.0 Å². The second-order valence-corrected chi connectivity index (χ2v) is 11.3. The van der Waals surface area contributed by atoms with Crippen LogP contribution in [0.25, 0.3) is 0 Å². The number of carbonyl (C=O) groups excluding carboxylic acids is 1. The minimum absolute atomic E-state index is 0.0365. The molecule has 224 valence electrons. The molecule has 1 amide bonds. The maximum Gasteiger partial charge on any atom is 0.573 e. The molecule has 0 saturated carbocycles. The Labute approximate surface area is 227 Å². The van der Waals surface area contributed by atoms with Gasteiger partial charge >= 0.3 is 16.8 Å². The first-order valence-electron chi connectivity index (χ1n) is 11.2. The van der Waals surface area contributed by atoms with Crippen LogP contribution in [-0.2, 0) is 29.8 Å². The fourth-order valence-electron chi connectivity index (χ4n) is 3.63. The van der Waals surface area contributed by atoms with Crippen LogP contribution < -0.4 is 20.1 Å². The SMILES string of the molecule is COC(O)CNC(=O)C1(S(=O)(=O)c2ccc(Oc3ccc(OC(F)(F)F)cc3)cc2)CCNCC1.O=S(=O)(O)O. The summed E-state index contributed by atoms with van der Waals surface area (Å²) in [6, 6.07) is 10.1. The van der Waals surface area contributed by atoms with Crippen molar-refractivity contribution in [1.29, 1.82) is 0 Å². The van der Waals surface area contributed by atoms with Crippen molar-refractivity contribution in [3.63, 3.8) is 0 Å². The molecule has 1 aliphatic heterocycles. The molecule has 1 fully saturated rings. The van der Waals surface area contributed by atoms with Gasteiger partial charge in [0.25, 0.3) is 0 Å². The predicted molar refractivity (Wildman–Crippen MR) is 132 cm³/mol. The number of piperidine rings is 1. The number of rotatable bonds is 9. The molecule has 0 spiro atoms. The highest BCUT2D eigenvalue weighted by molar-refractivity contribution is 7.93.